The fourth-order valence-electron chi connectivity index (χ4n) is 5.27. The summed E-state index contributed by atoms with van der Waals surface area (Å²) in [5, 5.41) is 0. The van der Waals surface area contributed by atoms with Gasteiger partial charge < -0.3 is 9.64 Å². The van der Waals surface area contributed by atoms with E-state index in [9.17, 15) is 13.2 Å². The SMILES string of the molecule is CC(C)(C)CCN1CCCCCOc2ccc(C(=O)N3CCN(S(C)(=O)=O)CC3)cc2Cc2cccc(c2)C1. The number of carbonyl (C=O) groups is 1. The van der Waals surface area contributed by atoms with E-state index in [1.165, 1.54) is 28.1 Å². The fraction of sp³-hybridized carbons (Fsp3) is 0.581. The maximum absolute atomic E-state index is 13.4. The van der Waals surface area contributed by atoms with E-state index in [1.807, 2.05) is 18.2 Å². The van der Waals surface area contributed by atoms with Crippen LogP contribution in [0.25, 0.3) is 0 Å². The van der Waals surface area contributed by atoms with Crippen molar-refractivity contribution < 1.29 is 17.9 Å². The first kappa shape index (κ1) is 29.6. The average molecular weight is 556 g/mol. The van der Waals surface area contributed by atoms with Gasteiger partial charge in [-0.05, 0) is 79.1 Å². The molecule has 4 rings (SSSR count). The van der Waals surface area contributed by atoms with E-state index in [4.69, 9.17) is 4.74 Å². The standard InChI is InChI=1S/C31H45N3O4S/c1-31(2,3)13-15-32-14-6-5-7-20-38-29-12-11-27(23-28(29)22-25-9-8-10-26(21-25)24-32)30(35)33-16-18-34(19-17-33)39(4,36)37/h8-12,21,23H,5-7,13-20,22,24H2,1-4H3. The highest BCUT2D eigenvalue weighted by Gasteiger charge is 2.27. The Kier molecular flexibility index (Phi) is 9.73. The molecule has 39 heavy (non-hydrogen) atoms. The number of ether oxygens (including phenoxy) is 1. The van der Waals surface area contributed by atoms with Crippen LogP contribution in [0.1, 0.15) is 73.5 Å². The van der Waals surface area contributed by atoms with Crippen molar-refractivity contribution in [3.8, 4) is 5.75 Å². The topological polar surface area (TPSA) is 70.2 Å². The molecule has 214 valence electrons. The summed E-state index contributed by atoms with van der Waals surface area (Å²) >= 11 is 0. The zero-order valence-corrected chi connectivity index (χ0v) is 24.9. The number of benzene rings is 2. The Bertz CT molecular complexity index is 1230. The minimum absolute atomic E-state index is 0.0615. The predicted molar refractivity (Wildman–Crippen MR) is 157 cm³/mol. The van der Waals surface area contributed by atoms with Gasteiger partial charge in [-0.25, -0.2) is 8.42 Å². The van der Waals surface area contributed by atoms with Crippen LogP contribution < -0.4 is 4.74 Å². The Morgan fingerprint density at radius 2 is 1.67 bits per heavy atom. The second-order valence-electron chi connectivity index (χ2n) is 12.3. The van der Waals surface area contributed by atoms with Gasteiger partial charge in [0, 0.05) is 44.7 Å². The third kappa shape index (κ3) is 8.78. The number of hydrogen-bond acceptors (Lipinski definition) is 5. The van der Waals surface area contributed by atoms with Crippen LogP contribution in [0.15, 0.2) is 42.5 Å². The summed E-state index contributed by atoms with van der Waals surface area (Å²) in [4.78, 5) is 17.7. The van der Waals surface area contributed by atoms with Crippen LogP contribution in [-0.4, -0.2) is 80.6 Å². The number of carbonyl (C=O) groups excluding carboxylic acids is 1. The highest BCUT2D eigenvalue weighted by atomic mass is 32.2. The van der Waals surface area contributed by atoms with Gasteiger partial charge in [0.15, 0.2) is 0 Å². The summed E-state index contributed by atoms with van der Waals surface area (Å²) in [6.07, 6.45) is 6.36. The van der Waals surface area contributed by atoms with Crippen molar-refractivity contribution in [3.63, 3.8) is 0 Å². The first-order valence-electron chi connectivity index (χ1n) is 14.3. The number of fused-ring (bicyclic) bond motifs is 3. The molecule has 2 heterocycles. The lowest BCUT2D eigenvalue weighted by molar-refractivity contribution is 0.0698. The van der Waals surface area contributed by atoms with Crippen LogP contribution in [0.2, 0.25) is 0 Å². The Balaban J connectivity index is 1.53. The van der Waals surface area contributed by atoms with Crippen LogP contribution in [0.5, 0.6) is 5.75 Å². The number of amides is 1. The zero-order chi connectivity index (χ0) is 28.0. The summed E-state index contributed by atoms with van der Waals surface area (Å²) in [7, 11) is -3.24. The van der Waals surface area contributed by atoms with Crippen molar-refractivity contribution in [1.29, 1.82) is 0 Å². The van der Waals surface area contributed by atoms with Gasteiger partial charge >= 0.3 is 0 Å². The van der Waals surface area contributed by atoms with Gasteiger partial charge in [-0.2, -0.15) is 4.31 Å². The summed E-state index contributed by atoms with van der Waals surface area (Å²) < 4.78 is 31.4. The molecule has 0 radical (unpaired) electrons. The lowest BCUT2D eigenvalue weighted by Crippen LogP contribution is -2.50. The molecule has 1 saturated heterocycles. The molecule has 0 aromatic heterocycles. The molecule has 8 heteroatoms. The van der Waals surface area contributed by atoms with Gasteiger partial charge in [-0.3, -0.25) is 9.69 Å². The summed E-state index contributed by atoms with van der Waals surface area (Å²) in [6.45, 7) is 12.2. The van der Waals surface area contributed by atoms with Crippen molar-refractivity contribution >= 4 is 15.9 Å². The van der Waals surface area contributed by atoms with Gasteiger partial charge in [0.1, 0.15) is 5.75 Å². The third-order valence-electron chi connectivity index (χ3n) is 7.65. The molecule has 2 aromatic carbocycles. The Morgan fingerprint density at radius 3 is 2.38 bits per heavy atom. The molecule has 2 aliphatic rings. The smallest absolute Gasteiger partial charge is 0.253 e. The van der Waals surface area contributed by atoms with Crippen molar-refractivity contribution in [3.05, 3.63) is 64.7 Å². The maximum atomic E-state index is 13.4. The van der Waals surface area contributed by atoms with Crippen molar-refractivity contribution in [2.75, 3.05) is 52.1 Å². The molecule has 1 fully saturated rings. The Labute approximate surface area is 235 Å². The van der Waals surface area contributed by atoms with E-state index in [0.29, 0.717) is 50.2 Å². The Morgan fingerprint density at radius 1 is 0.923 bits per heavy atom. The molecule has 0 N–H and O–H groups in total. The predicted octanol–water partition coefficient (Wildman–Crippen LogP) is 4.80. The zero-order valence-electron chi connectivity index (χ0n) is 24.1. The summed E-state index contributed by atoms with van der Waals surface area (Å²) in [6, 6.07) is 14.5. The van der Waals surface area contributed by atoms with Gasteiger partial charge in [0.05, 0.1) is 12.9 Å². The molecule has 2 bridgehead atoms. The quantitative estimate of drug-likeness (QED) is 0.542. The molecule has 0 unspecified atom stereocenters. The van der Waals surface area contributed by atoms with Crippen LogP contribution in [0.3, 0.4) is 0 Å². The highest BCUT2D eigenvalue weighted by Crippen LogP contribution is 2.26. The summed E-state index contributed by atoms with van der Waals surface area (Å²) in [5.74, 6) is 0.774. The average Bonchev–Trinajstić information content (AvgIpc) is 2.88. The Hall–Kier alpha value is -2.42. The van der Waals surface area contributed by atoms with Crippen molar-refractivity contribution in [2.45, 2.75) is 59.4 Å². The summed E-state index contributed by atoms with van der Waals surface area (Å²) in [5.41, 5.74) is 4.47. The molecule has 0 spiro atoms. The molecular weight excluding hydrogens is 510 g/mol. The van der Waals surface area contributed by atoms with E-state index < -0.39 is 10.0 Å². The monoisotopic (exact) mass is 555 g/mol. The van der Waals surface area contributed by atoms with Crippen LogP contribution in [0.4, 0.5) is 0 Å². The molecular formula is C31H45N3O4S. The maximum Gasteiger partial charge on any atom is 0.253 e. The largest absolute Gasteiger partial charge is 0.493 e. The van der Waals surface area contributed by atoms with Gasteiger partial charge in [0.25, 0.3) is 5.91 Å². The van der Waals surface area contributed by atoms with Gasteiger partial charge in [-0.1, -0.05) is 45.0 Å². The highest BCUT2D eigenvalue weighted by molar-refractivity contribution is 7.88. The lowest BCUT2D eigenvalue weighted by Gasteiger charge is -2.33. The van der Waals surface area contributed by atoms with E-state index in [1.54, 1.807) is 4.90 Å². The number of piperazine rings is 1. The first-order valence-corrected chi connectivity index (χ1v) is 16.1. The number of hydrogen-bond donors (Lipinski definition) is 0. The minimum atomic E-state index is -3.24. The van der Waals surface area contributed by atoms with Crippen LogP contribution in [0, 0.1) is 5.41 Å². The van der Waals surface area contributed by atoms with Crippen LogP contribution >= 0.6 is 0 Å². The van der Waals surface area contributed by atoms with Gasteiger partial charge in [0.2, 0.25) is 10.0 Å². The number of nitrogens with zero attached hydrogens (tertiary/aromatic N) is 3. The van der Waals surface area contributed by atoms with Crippen molar-refractivity contribution in [1.82, 2.24) is 14.1 Å². The van der Waals surface area contributed by atoms with E-state index in [2.05, 4.69) is 49.9 Å². The normalized spacial score (nSPS) is 18.6. The second-order valence-corrected chi connectivity index (χ2v) is 14.3. The lowest BCUT2D eigenvalue weighted by atomic mass is 9.92. The van der Waals surface area contributed by atoms with E-state index in [-0.39, 0.29) is 5.91 Å². The molecule has 2 aromatic rings. The molecule has 0 atom stereocenters. The molecule has 2 aliphatic heterocycles. The van der Waals surface area contributed by atoms with E-state index >= 15 is 0 Å². The fourth-order valence-corrected chi connectivity index (χ4v) is 6.10. The number of rotatable bonds is 4. The number of sulfonamides is 1. The van der Waals surface area contributed by atoms with Crippen LogP contribution in [-0.2, 0) is 23.0 Å². The minimum Gasteiger partial charge on any atom is -0.493 e. The van der Waals surface area contributed by atoms with Crippen molar-refractivity contribution in [2.24, 2.45) is 5.41 Å². The molecule has 7 nitrogen and oxygen atoms in total. The van der Waals surface area contributed by atoms with Gasteiger partial charge in [-0.15, -0.1) is 0 Å². The molecule has 1 amide bonds. The van der Waals surface area contributed by atoms with E-state index in [0.717, 1.165) is 50.2 Å². The molecule has 0 aliphatic carbocycles. The first-order chi connectivity index (χ1) is 18.5. The third-order valence-corrected chi connectivity index (χ3v) is 8.95. The molecule has 0 saturated carbocycles. The second kappa shape index (κ2) is 12.8.